The van der Waals surface area contributed by atoms with Crippen LogP contribution in [0.15, 0.2) is 24.3 Å². The molecule has 1 N–H and O–H groups in total. The maximum atomic E-state index is 11.9. The summed E-state index contributed by atoms with van der Waals surface area (Å²) in [6, 6.07) is 5.84. The highest BCUT2D eigenvalue weighted by atomic mass is 16.6. The first-order valence-corrected chi connectivity index (χ1v) is 8.28. The number of carbonyl (C=O) groups excluding carboxylic acids is 2. The highest BCUT2D eigenvalue weighted by Crippen LogP contribution is 2.25. The number of benzene rings is 1. The van der Waals surface area contributed by atoms with Gasteiger partial charge in [0.25, 0.3) is 5.91 Å². The summed E-state index contributed by atoms with van der Waals surface area (Å²) in [6.07, 6.45) is 4.26. The van der Waals surface area contributed by atoms with Crippen LogP contribution in [0.4, 0.5) is 5.69 Å². The third kappa shape index (κ3) is 5.74. The highest BCUT2D eigenvalue weighted by Gasteiger charge is 2.23. The first-order chi connectivity index (χ1) is 12.0. The Labute approximate surface area is 145 Å². The first-order valence-electron chi connectivity index (χ1n) is 8.28. The lowest BCUT2D eigenvalue weighted by molar-refractivity contribution is -0.385. The van der Waals surface area contributed by atoms with E-state index in [1.807, 2.05) is 0 Å². The second-order valence-corrected chi connectivity index (χ2v) is 6.11. The van der Waals surface area contributed by atoms with E-state index < -0.39 is 17.5 Å². The standard InChI is InChI=1S/C17H22N2O6/c1-12-6-2-3-7-13(12)18-16(20)10-25-17(21)11-24-15-9-5-4-8-14(15)19(22)23/h4-5,8-9,12-13H,2-3,6-7,10-11H2,1H3,(H,18,20). The fourth-order valence-corrected chi connectivity index (χ4v) is 2.83. The number of rotatable bonds is 7. The Hall–Kier alpha value is -2.64. The summed E-state index contributed by atoms with van der Waals surface area (Å²) in [6.45, 7) is 1.21. The Morgan fingerprint density at radius 1 is 1.24 bits per heavy atom. The minimum Gasteiger partial charge on any atom is -0.475 e. The van der Waals surface area contributed by atoms with Crippen molar-refractivity contribution in [3.05, 3.63) is 34.4 Å². The largest absolute Gasteiger partial charge is 0.475 e. The molecule has 1 aromatic rings. The Kier molecular flexibility index (Phi) is 6.73. The second kappa shape index (κ2) is 9.00. The molecule has 0 saturated heterocycles. The predicted octanol–water partition coefficient (Wildman–Crippen LogP) is 2.21. The normalized spacial score (nSPS) is 19.7. The van der Waals surface area contributed by atoms with Gasteiger partial charge in [0.05, 0.1) is 4.92 Å². The van der Waals surface area contributed by atoms with E-state index in [0.29, 0.717) is 5.92 Å². The van der Waals surface area contributed by atoms with Crippen LogP contribution in [0, 0.1) is 16.0 Å². The summed E-state index contributed by atoms with van der Waals surface area (Å²) < 4.78 is 9.97. The van der Waals surface area contributed by atoms with Crippen molar-refractivity contribution in [2.75, 3.05) is 13.2 Å². The molecule has 0 bridgehead atoms. The number of nitrogens with zero attached hydrogens (tertiary/aromatic N) is 1. The maximum absolute atomic E-state index is 11.9. The van der Waals surface area contributed by atoms with Crippen molar-refractivity contribution < 1.29 is 24.0 Å². The van der Waals surface area contributed by atoms with E-state index in [1.54, 1.807) is 6.07 Å². The van der Waals surface area contributed by atoms with Crippen LogP contribution < -0.4 is 10.1 Å². The summed E-state index contributed by atoms with van der Waals surface area (Å²) in [4.78, 5) is 33.8. The molecule has 8 heteroatoms. The number of nitro groups is 1. The van der Waals surface area contributed by atoms with E-state index in [9.17, 15) is 19.7 Å². The van der Waals surface area contributed by atoms with Gasteiger partial charge in [0.15, 0.2) is 19.0 Å². The number of nitrogens with one attached hydrogen (secondary N) is 1. The summed E-state index contributed by atoms with van der Waals surface area (Å²) in [5.74, 6) is -0.719. The van der Waals surface area contributed by atoms with E-state index in [-0.39, 0.29) is 30.0 Å². The van der Waals surface area contributed by atoms with Crippen LogP contribution in [0.1, 0.15) is 32.6 Å². The molecule has 8 nitrogen and oxygen atoms in total. The van der Waals surface area contributed by atoms with Crippen molar-refractivity contribution in [1.29, 1.82) is 0 Å². The van der Waals surface area contributed by atoms with Crippen molar-refractivity contribution in [3.63, 3.8) is 0 Å². The topological polar surface area (TPSA) is 108 Å². The minimum atomic E-state index is -0.759. The van der Waals surface area contributed by atoms with E-state index in [2.05, 4.69) is 12.2 Å². The average Bonchev–Trinajstić information content (AvgIpc) is 2.60. The number of esters is 1. The number of carbonyl (C=O) groups is 2. The first kappa shape index (κ1) is 18.7. The number of hydrogen-bond acceptors (Lipinski definition) is 6. The molecule has 0 spiro atoms. The molecule has 25 heavy (non-hydrogen) atoms. The lowest BCUT2D eigenvalue weighted by Gasteiger charge is -2.29. The molecule has 1 aromatic carbocycles. The predicted molar refractivity (Wildman–Crippen MR) is 89.1 cm³/mol. The highest BCUT2D eigenvalue weighted by molar-refractivity contribution is 5.81. The molecule has 1 amide bonds. The van der Waals surface area contributed by atoms with Gasteiger partial charge in [-0.25, -0.2) is 4.79 Å². The lowest BCUT2D eigenvalue weighted by atomic mass is 9.86. The van der Waals surface area contributed by atoms with Crippen LogP contribution in [-0.4, -0.2) is 36.1 Å². The van der Waals surface area contributed by atoms with Crippen molar-refractivity contribution in [2.24, 2.45) is 5.92 Å². The average molecular weight is 350 g/mol. The molecular formula is C17H22N2O6. The summed E-state index contributed by atoms with van der Waals surface area (Å²) in [5, 5.41) is 13.7. The summed E-state index contributed by atoms with van der Waals surface area (Å²) in [7, 11) is 0. The van der Waals surface area contributed by atoms with Crippen LogP contribution in [0.25, 0.3) is 0 Å². The Morgan fingerprint density at radius 2 is 1.96 bits per heavy atom. The summed E-state index contributed by atoms with van der Waals surface area (Å²) in [5.41, 5.74) is -0.237. The third-order valence-electron chi connectivity index (χ3n) is 4.23. The van der Waals surface area contributed by atoms with E-state index in [1.165, 1.54) is 24.6 Å². The fraction of sp³-hybridized carbons (Fsp3) is 0.529. The van der Waals surface area contributed by atoms with Crippen molar-refractivity contribution in [2.45, 2.75) is 38.6 Å². The van der Waals surface area contributed by atoms with Crippen LogP contribution in [0.3, 0.4) is 0 Å². The zero-order chi connectivity index (χ0) is 18.2. The number of para-hydroxylation sites is 2. The number of hydrogen-bond donors (Lipinski definition) is 1. The van der Waals surface area contributed by atoms with Gasteiger partial charge < -0.3 is 14.8 Å². The zero-order valence-electron chi connectivity index (χ0n) is 14.1. The molecule has 0 aromatic heterocycles. The van der Waals surface area contributed by atoms with Crippen molar-refractivity contribution >= 4 is 17.6 Å². The minimum absolute atomic E-state index is 0.0232. The van der Waals surface area contributed by atoms with Gasteiger partial charge in [-0.1, -0.05) is 31.9 Å². The third-order valence-corrected chi connectivity index (χ3v) is 4.23. The molecule has 0 aliphatic heterocycles. The fourth-order valence-electron chi connectivity index (χ4n) is 2.83. The number of nitro benzene ring substituents is 1. The van der Waals surface area contributed by atoms with Crippen molar-refractivity contribution in [1.82, 2.24) is 5.32 Å². The maximum Gasteiger partial charge on any atom is 0.344 e. The lowest BCUT2D eigenvalue weighted by Crippen LogP contribution is -2.43. The molecule has 136 valence electrons. The quantitative estimate of drug-likeness (QED) is 0.459. The molecule has 1 saturated carbocycles. The molecule has 0 radical (unpaired) electrons. The van der Waals surface area contributed by atoms with Gasteiger partial charge in [0.1, 0.15) is 0 Å². The summed E-state index contributed by atoms with van der Waals surface area (Å²) >= 11 is 0. The number of amides is 1. The van der Waals surface area contributed by atoms with Gasteiger partial charge in [0.2, 0.25) is 0 Å². The molecule has 2 atom stereocenters. The SMILES string of the molecule is CC1CCCCC1NC(=O)COC(=O)COc1ccccc1[N+](=O)[O-]. The molecule has 1 fully saturated rings. The molecule has 0 heterocycles. The van der Waals surface area contributed by atoms with E-state index in [4.69, 9.17) is 9.47 Å². The molecule has 2 rings (SSSR count). The smallest absolute Gasteiger partial charge is 0.344 e. The number of ether oxygens (including phenoxy) is 2. The van der Waals surface area contributed by atoms with Gasteiger partial charge in [-0.2, -0.15) is 0 Å². The Balaban J connectivity index is 1.73. The second-order valence-electron chi connectivity index (χ2n) is 6.11. The van der Waals surface area contributed by atoms with Crippen LogP contribution in [0.5, 0.6) is 5.75 Å². The van der Waals surface area contributed by atoms with Crippen LogP contribution >= 0.6 is 0 Å². The van der Waals surface area contributed by atoms with Crippen molar-refractivity contribution in [3.8, 4) is 5.75 Å². The van der Waals surface area contributed by atoms with Crippen LogP contribution in [0.2, 0.25) is 0 Å². The Bertz CT molecular complexity index is 633. The van der Waals surface area contributed by atoms with E-state index in [0.717, 1.165) is 19.3 Å². The zero-order valence-corrected chi connectivity index (χ0v) is 14.1. The monoisotopic (exact) mass is 350 g/mol. The molecule has 1 aliphatic carbocycles. The van der Waals surface area contributed by atoms with Gasteiger partial charge in [0, 0.05) is 12.1 Å². The Morgan fingerprint density at radius 3 is 2.68 bits per heavy atom. The van der Waals surface area contributed by atoms with Gasteiger partial charge >= 0.3 is 11.7 Å². The molecule has 1 aliphatic rings. The molecular weight excluding hydrogens is 328 g/mol. The van der Waals surface area contributed by atoms with Crippen LogP contribution in [-0.2, 0) is 14.3 Å². The van der Waals surface area contributed by atoms with Gasteiger partial charge in [-0.05, 0) is 24.8 Å². The van der Waals surface area contributed by atoms with Gasteiger partial charge in [-0.3, -0.25) is 14.9 Å². The molecule has 2 unspecified atom stereocenters. The van der Waals surface area contributed by atoms with Gasteiger partial charge in [-0.15, -0.1) is 0 Å². The van der Waals surface area contributed by atoms with E-state index >= 15 is 0 Å².